The summed E-state index contributed by atoms with van der Waals surface area (Å²) in [5, 5.41) is 7.61. The highest BCUT2D eigenvalue weighted by Crippen LogP contribution is 2.65. The Balaban J connectivity index is 1.82. The van der Waals surface area contributed by atoms with Gasteiger partial charge in [-0.25, -0.2) is 0 Å². The van der Waals surface area contributed by atoms with Gasteiger partial charge in [0.25, 0.3) is 0 Å². The predicted molar refractivity (Wildman–Crippen MR) is 130 cm³/mol. The summed E-state index contributed by atoms with van der Waals surface area (Å²) in [6.07, 6.45) is -3.26. The van der Waals surface area contributed by atoms with Crippen LogP contribution in [0.2, 0.25) is 0 Å². The summed E-state index contributed by atoms with van der Waals surface area (Å²) in [5.74, 6) is -3.89. The number of rotatable bonds is 8. The molecule has 6 unspecified atom stereocenters. The van der Waals surface area contributed by atoms with Crippen LogP contribution < -0.4 is 16.0 Å². The van der Waals surface area contributed by atoms with Gasteiger partial charge in [0.1, 0.15) is 12.1 Å². The van der Waals surface area contributed by atoms with Gasteiger partial charge in [-0.3, -0.25) is 24.2 Å². The van der Waals surface area contributed by atoms with Crippen LogP contribution in [0, 0.1) is 28.6 Å². The average Bonchev–Trinajstić information content (AvgIpc) is 3.11. The topological polar surface area (TPSA) is 120 Å². The number of amides is 4. The van der Waals surface area contributed by atoms with Crippen LogP contribution in [0.5, 0.6) is 0 Å². The number of hydrogen-bond donors (Lipinski definition) is 3. The standard InChI is InChI=1S/C25H38F3N5O4/c1-23(2,3)18(32-22(37)25(26,27)28)21(36)33-12-15-16(24(15,4)5)17(33)20(35)31-14(11-29-6)10-13-8-7-9-30-19(13)34/h13-18H,6-12H2,1-5H3,(H,30,34)(H,31,35)(H,32,37). The molecule has 6 atom stereocenters. The number of hydrogen-bond acceptors (Lipinski definition) is 5. The van der Waals surface area contributed by atoms with Gasteiger partial charge in [0.15, 0.2) is 0 Å². The van der Waals surface area contributed by atoms with Gasteiger partial charge in [-0.2, -0.15) is 13.2 Å². The molecule has 37 heavy (non-hydrogen) atoms. The number of likely N-dealkylation sites (tertiary alicyclic amines) is 1. The molecule has 0 radical (unpaired) electrons. The van der Waals surface area contributed by atoms with Crippen molar-refractivity contribution in [2.45, 2.75) is 78.2 Å². The normalized spacial score (nSPS) is 28.4. The van der Waals surface area contributed by atoms with E-state index in [2.05, 4.69) is 22.3 Å². The van der Waals surface area contributed by atoms with Gasteiger partial charge in [-0.05, 0) is 48.6 Å². The van der Waals surface area contributed by atoms with Gasteiger partial charge in [-0.1, -0.05) is 34.6 Å². The zero-order valence-electron chi connectivity index (χ0n) is 22.1. The molecule has 0 bridgehead atoms. The third kappa shape index (κ3) is 6.09. The number of nitrogens with zero attached hydrogens (tertiary/aromatic N) is 2. The van der Waals surface area contributed by atoms with Crippen molar-refractivity contribution in [3.05, 3.63) is 0 Å². The maximum absolute atomic E-state index is 13.6. The second kappa shape index (κ2) is 10.2. The summed E-state index contributed by atoms with van der Waals surface area (Å²) in [6.45, 7) is 13.2. The Morgan fingerprint density at radius 3 is 2.41 bits per heavy atom. The van der Waals surface area contributed by atoms with Gasteiger partial charge in [0.2, 0.25) is 17.7 Å². The van der Waals surface area contributed by atoms with Crippen molar-refractivity contribution in [1.82, 2.24) is 20.9 Å². The number of carbonyl (C=O) groups excluding carboxylic acids is 4. The first-order valence-corrected chi connectivity index (χ1v) is 12.7. The molecule has 0 aromatic rings. The molecule has 12 heteroatoms. The van der Waals surface area contributed by atoms with Gasteiger partial charge in [0, 0.05) is 25.0 Å². The molecule has 4 amide bonds. The molecule has 1 saturated carbocycles. The van der Waals surface area contributed by atoms with Crippen molar-refractivity contribution in [2.24, 2.45) is 33.6 Å². The summed E-state index contributed by atoms with van der Waals surface area (Å²) < 4.78 is 39.0. The van der Waals surface area contributed by atoms with E-state index < -0.39 is 47.4 Å². The van der Waals surface area contributed by atoms with Crippen molar-refractivity contribution in [1.29, 1.82) is 0 Å². The van der Waals surface area contributed by atoms with Crippen molar-refractivity contribution < 1.29 is 32.3 Å². The molecular formula is C25H38F3N5O4. The smallest absolute Gasteiger partial charge is 0.356 e. The lowest BCUT2D eigenvalue weighted by Gasteiger charge is -2.38. The van der Waals surface area contributed by atoms with E-state index in [9.17, 15) is 32.3 Å². The highest BCUT2D eigenvalue weighted by Gasteiger charge is 2.70. The van der Waals surface area contributed by atoms with Crippen molar-refractivity contribution in [2.75, 3.05) is 19.6 Å². The maximum Gasteiger partial charge on any atom is 0.471 e. The van der Waals surface area contributed by atoms with Crippen LogP contribution in [-0.4, -0.2) is 79.2 Å². The molecule has 0 aromatic heterocycles. The summed E-state index contributed by atoms with van der Waals surface area (Å²) in [5.41, 5.74) is -1.26. The fourth-order valence-electron chi connectivity index (χ4n) is 5.87. The molecule has 3 aliphatic rings. The summed E-state index contributed by atoms with van der Waals surface area (Å²) in [7, 11) is 0. The second-order valence-corrected chi connectivity index (χ2v) is 12.1. The Hall–Kier alpha value is -2.66. The number of carbonyl (C=O) groups is 4. The van der Waals surface area contributed by atoms with Crippen molar-refractivity contribution in [3.8, 4) is 0 Å². The Morgan fingerprint density at radius 1 is 1.22 bits per heavy atom. The first-order valence-electron chi connectivity index (χ1n) is 12.7. The maximum atomic E-state index is 13.6. The molecule has 3 rings (SSSR count). The molecular weight excluding hydrogens is 491 g/mol. The number of halogens is 3. The first-order chi connectivity index (χ1) is 17.0. The fraction of sp³-hybridized carbons (Fsp3) is 0.800. The molecule has 1 aliphatic carbocycles. The molecule has 0 spiro atoms. The van der Waals surface area contributed by atoms with E-state index in [-0.39, 0.29) is 42.2 Å². The highest BCUT2D eigenvalue weighted by atomic mass is 19.4. The third-order valence-electron chi connectivity index (χ3n) is 8.07. The molecule has 3 fully saturated rings. The third-order valence-corrected chi connectivity index (χ3v) is 8.07. The van der Waals surface area contributed by atoms with Crippen LogP contribution in [-0.2, 0) is 19.2 Å². The highest BCUT2D eigenvalue weighted by molar-refractivity contribution is 5.95. The minimum atomic E-state index is -5.15. The van der Waals surface area contributed by atoms with Gasteiger partial charge >= 0.3 is 12.1 Å². The van der Waals surface area contributed by atoms with Crippen LogP contribution in [0.1, 0.15) is 53.9 Å². The lowest BCUT2D eigenvalue weighted by Crippen LogP contribution is -2.61. The molecule has 2 aliphatic heterocycles. The van der Waals surface area contributed by atoms with Crippen LogP contribution in [0.4, 0.5) is 13.2 Å². The zero-order chi connectivity index (χ0) is 27.9. The molecule has 0 aromatic carbocycles. The zero-order valence-corrected chi connectivity index (χ0v) is 22.1. The predicted octanol–water partition coefficient (Wildman–Crippen LogP) is 1.66. The van der Waals surface area contributed by atoms with E-state index in [1.54, 1.807) is 20.8 Å². The average molecular weight is 530 g/mol. The molecule has 2 saturated heterocycles. The summed E-state index contributed by atoms with van der Waals surface area (Å²) >= 11 is 0. The molecule has 3 N–H and O–H groups in total. The second-order valence-electron chi connectivity index (χ2n) is 12.1. The van der Waals surface area contributed by atoms with E-state index in [0.717, 1.165) is 6.42 Å². The number of nitrogens with one attached hydrogen (secondary N) is 3. The number of aliphatic imine (C=N–C) groups is 1. The summed E-state index contributed by atoms with van der Waals surface area (Å²) in [4.78, 5) is 56.4. The minimum Gasteiger partial charge on any atom is -0.356 e. The molecule has 9 nitrogen and oxygen atoms in total. The lowest BCUT2D eigenvalue weighted by molar-refractivity contribution is -0.176. The van der Waals surface area contributed by atoms with Gasteiger partial charge < -0.3 is 20.9 Å². The van der Waals surface area contributed by atoms with Gasteiger partial charge in [0.05, 0.1) is 6.54 Å². The molecule has 208 valence electrons. The van der Waals surface area contributed by atoms with Crippen LogP contribution in [0.15, 0.2) is 4.99 Å². The Bertz CT molecular complexity index is 946. The number of piperidine rings is 2. The Labute approximate surface area is 215 Å². The monoisotopic (exact) mass is 529 g/mol. The largest absolute Gasteiger partial charge is 0.471 e. The fourth-order valence-corrected chi connectivity index (χ4v) is 5.87. The van der Waals surface area contributed by atoms with E-state index in [1.165, 1.54) is 4.90 Å². The van der Waals surface area contributed by atoms with Crippen LogP contribution in [0.3, 0.4) is 0 Å². The Morgan fingerprint density at radius 2 is 1.86 bits per heavy atom. The Kier molecular flexibility index (Phi) is 8.00. The van der Waals surface area contributed by atoms with Crippen LogP contribution >= 0.6 is 0 Å². The number of alkyl halides is 3. The minimum absolute atomic E-state index is 0.00578. The van der Waals surface area contributed by atoms with E-state index >= 15 is 0 Å². The summed E-state index contributed by atoms with van der Waals surface area (Å²) in [6, 6.07) is -2.87. The van der Waals surface area contributed by atoms with E-state index in [4.69, 9.17) is 0 Å². The van der Waals surface area contributed by atoms with Crippen LogP contribution in [0.25, 0.3) is 0 Å². The van der Waals surface area contributed by atoms with Crippen molar-refractivity contribution >= 4 is 30.3 Å². The quantitative estimate of drug-likeness (QED) is 0.414. The van der Waals surface area contributed by atoms with Crippen molar-refractivity contribution in [3.63, 3.8) is 0 Å². The first kappa shape index (κ1) is 28.9. The SMILES string of the molecule is C=NCC(CC1CCCNC1=O)NC(=O)C1C2C(CN1C(=O)C(NC(=O)C(F)(F)F)C(C)(C)C)C2(C)C. The lowest BCUT2D eigenvalue weighted by atomic mass is 9.85. The number of fused-ring (bicyclic) bond motifs is 1. The van der Waals surface area contributed by atoms with Gasteiger partial charge in [-0.15, -0.1) is 0 Å². The molecule has 2 heterocycles. The van der Waals surface area contributed by atoms with E-state index in [0.29, 0.717) is 19.4 Å². The van der Waals surface area contributed by atoms with E-state index in [1.807, 2.05) is 19.2 Å².